The number of rotatable bonds is 1. The Hall–Kier alpha value is -0.770. The highest BCUT2D eigenvalue weighted by Crippen LogP contribution is 2.14. The van der Waals surface area contributed by atoms with E-state index in [2.05, 4.69) is 0 Å². The molecule has 10 heavy (non-hydrogen) atoms. The van der Waals surface area contributed by atoms with Gasteiger partial charge < -0.3 is 15.1 Å². The Balaban J connectivity index is 2.35. The molecule has 0 aromatic rings. The molecule has 0 aromatic carbocycles. The first-order valence-corrected chi connectivity index (χ1v) is 3.32. The Morgan fingerprint density at radius 3 is 2.70 bits per heavy atom. The van der Waals surface area contributed by atoms with Crippen LogP contribution in [-0.2, 0) is 0 Å². The predicted molar refractivity (Wildman–Crippen MR) is 34.8 cm³/mol. The molecule has 2 N–H and O–H groups in total. The zero-order valence-electron chi connectivity index (χ0n) is 5.66. The van der Waals surface area contributed by atoms with Gasteiger partial charge in [0.05, 0.1) is 0 Å². The quantitative estimate of drug-likeness (QED) is 0.545. The van der Waals surface area contributed by atoms with Crippen LogP contribution in [0.25, 0.3) is 0 Å². The maximum Gasteiger partial charge on any atom is 0.407 e. The van der Waals surface area contributed by atoms with E-state index in [1.165, 1.54) is 4.90 Å². The summed E-state index contributed by atoms with van der Waals surface area (Å²) in [6.07, 6.45) is -0.0843. The highest BCUT2D eigenvalue weighted by molar-refractivity contribution is 5.65. The fourth-order valence-electron chi connectivity index (χ4n) is 1.16. The van der Waals surface area contributed by atoms with Crippen molar-refractivity contribution in [2.75, 3.05) is 19.7 Å². The Bertz CT molecular complexity index is 137. The van der Waals surface area contributed by atoms with Gasteiger partial charge in [0.2, 0.25) is 0 Å². The number of likely N-dealkylation sites (tertiary alicyclic amines) is 1. The van der Waals surface area contributed by atoms with Crippen molar-refractivity contribution in [1.82, 2.24) is 4.90 Å². The van der Waals surface area contributed by atoms with Crippen molar-refractivity contribution >= 4 is 6.09 Å². The van der Waals surface area contributed by atoms with Crippen molar-refractivity contribution in [2.45, 2.75) is 6.42 Å². The zero-order valence-corrected chi connectivity index (χ0v) is 5.66. The molecule has 0 spiro atoms. The summed E-state index contributed by atoms with van der Waals surface area (Å²) in [6.45, 7) is 1.16. The lowest BCUT2D eigenvalue weighted by Gasteiger charge is -2.09. The summed E-state index contributed by atoms with van der Waals surface area (Å²) in [4.78, 5) is 11.6. The fraction of sp³-hybridized carbons (Fsp3) is 0.833. The van der Waals surface area contributed by atoms with Crippen LogP contribution in [0.2, 0.25) is 0 Å². The SMILES string of the molecule is O=C(O)N1CC[C@H](CO)C1. The summed E-state index contributed by atoms with van der Waals surface area (Å²) in [5.41, 5.74) is 0. The summed E-state index contributed by atoms with van der Waals surface area (Å²) in [7, 11) is 0. The highest BCUT2D eigenvalue weighted by Gasteiger charge is 2.24. The second kappa shape index (κ2) is 2.88. The molecule has 1 atom stereocenters. The van der Waals surface area contributed by atoms with Crippen LogP contribution in [0.5, 0.6) is 0 Å². The van der Waals surface area contributed by atoms with Gasteiger partial charge in [-0.1, -0.05) is 0 Å². The molecule has 1 fully saturated rings. The number of nitrogens with zero attached hydrogens (tertiary/aromatic N) is 1. The molecule has 4 heteroatoms. The van der Waals surface area contributed by atoms with Crippen molar-refractivity contribution in [3.8, 4) is 0 Å². The van der Waals surface area contributed by atoms with Gasteiger partial charge in [0, 0.05) is 25.6 Å². The largest absolute Gasteiger partial charge is 0.465 e. The van der Waals surface area contributed by atoms with Crippen molar-refractivity contribution < 1.29 is 15.0 Å². The van der Waals surface area contributed by atoms with Gasteiger partial charge in [0.1, 0.15) is 0 Å². The molecular weight excluding hydrogens is 134 g/mol. The summed E-state index contributed by atoms with van der Waals surface area (Å²) < 4.78 is 0. The standard InChI is InChI=1S/C6H11NO3/c8-4-5-1-2-7(3-5)6(9)10/h5,8H,1-4H2,(H,9,10)/t5-/m0/s1. The molecule has 0 bridgehead atoms. The van der Waals surface area contributed by atoms with Crippen LogP contribution in [0.15, 0.2) is 0 Å². The monoisotopic (exact) mass is 145 g/mol. The summed E-state index contributed by atoms with van der Waals surface area (Å²) in [6, 6.07) is 0. The average molecular weight is 145 g/mol. The normalized spacial score (nSPS) is 25.3. The Morgan fingerprint density at radius 1 is 1.70 bits per heavy atom. The third kappa shape index (κ3) is 1.39. The molecule has 1 amide bonds. The van der Waals surface area contributed by atoms with Crippen LogP contribution in [0.1, 0.15) is 6.42 Å². The summed E-state index contributed by atoms with van der Waals surface area (Å²) in [5.74, 6) is 0.163. The Kier molecular flexibility index (Phi) is 2.11. The highest BCUT2D eigenvalue weighted by atomic mass is 16.4. The van der Waals surface area contributed by atoms with E-state index in [1.807, 2.05) is 0 Å². The van der Waals surface area contributed by atoms with E-state index in [-0.39, 0.29) is 12.5 Å². The minimum Gasteiger partial charge on any atom is -0.465 e. The van der Waals surface area contributed by atoms with Crippen LogP contribution < -0.4 is 0 Å². The smallest absolute Gasteiger partial charge is 0.407 e. The maximum absolute atomic E-state index is 10.3. The first-order chi connectivity index (χ1) is 4.74. The first kappa shape index (κ1) is 7.34. The molecule has 4 nitrogen and oxygen atoms in total. The summed E-state index contributed by atoms with van der Waals surface area (Å²) in [5, 5.41) is 17.1. The third-order valence-electron chi connectivity index (χ3n) is 1.81. The second-order valence-corrected chi connectivity index (χ2v) is 2.57. The van der Waals surface area contributed by atoms with Gasteiger partial charge >= 0.3 is 6.09 Å². The van der Waals surface area contributed by atoms with Crippen LogP contribution in [-0.4, -0.2) is 40.9 Å². The minimum atomic E-state index is -0.879. The van der Waals surface area contributed by atoms with Gasteiger partial charge in [0.25, 0.3) is 0 Å². The van der Waals surface area contributed by atoms with Crippen LogP contribution in [0.4, 0.5) is 4.79 Å². The van der Waals surface area contributed by atoms with E-state index in [9.17, 15) is 4.79 Å². The topological polar surface area (TPSA) is 60.8 Å². The molecular formula is C6H11NO3. The lowest BCUT2D eigenvalue weighted by Crippen LogP contribution is -2.27. The molecule has 0 aliphatic carbocycles. The molecule has 0 saturated carbocycles. The number of carbonyl (C=O) groups is 1. The number of aliphatic hydroxyl groups excluding tert-OH is 1. The predicted octanol–water partition coefficient (Wildman–Crippen LogP) is -0.0214. The van der Waals surface area contributed by atoms with E-state index in [0.717, 1.165) is 6.42 Å². The van der Waals surface area contributed by atoms with Gasteiger partial charge in [-0.2, -0.15) is 0 Å². The summed E-state index contributed by atoms with van der Waals surface area (Å²) >= 11 is 0. The fourth-order valence-corrected chi connectivity index (χ4v) is 1.16. The molecule has 1 rings (SSSR count). The van der Waals surface area contributed by atoms with Crippen LogP contribution in [0.3, 0.4) is 0 Å². The van der Waals surface area contributed by atoms with Crippen molar-refractivity contribution in [1.29, 1.82) is 0 Å². The van der Waals surface area contributed by atoms with E-state index in [4.69, 9.17) is 10.2 Å². The number of hydrogen-bond donors (Lipinski definition) is 2. The lowest BCUT2D eigenvalue weighted by atomic mass is 10.1. The minimum absolute atomic E-state index is 0.101. The third-order valence-corrected chi connectivity index (χ3v) is 1.81. The lowest BCUT2D eigenvalue weighted by molar-refractivity contribution is 0.150. The maximum atomic E-state index is 10.3. The molecule has 1 aliphatic heterocycles. The van der Waals surface area contributed by atoms with Gasteiger partial charge in [0.15, 0.2) is 0 Å². The van der Waals surface area contributed by atoms with Gasteiger partial charge in [-0.25, -0.2) is 4.79 Å². The van der Waals surface area contributed by atoms with Crippen LogP contribution >= 0.6 is 0 Å². The van der Waals surface area contributed by atoms with Crippen molar-refractivity contribution in [3.05, 3.63) is 0 Å². The van der Waals surface area contributed by atoms with Crippen molar-refractivity contribution in [2.24, 2.45) is 5.92 Å². The number of aliphatic hydroxyl groups is 1. The zero-order chi connectivity index (χ0) is 7.56. The van der Waals surface area contributed by atoms with Gasteiger partial charge in [-0.15, -0.1) is 0 Å². The van der Waals surface area contributed by atoms with E-state index in [1.54, 1.807) is 0 Å². The van der Waals surface area contributed by atoms with Gasteiger partial charge in [-0.3, -0.25) is 0 Å². The molecule has 58 valence electrons. The van der Waals surface area contributed by atoms with E-state index in [0.29, 0.717) is 13.1 Å². The van der Waals surface area contributed by atoms with Gasteiger partial charge in [-0.05, 0) is 6.42 Å². The number of hydrogen-bond acceptors (Lipinski definition) is 2. The average Bonchev–Trinajstić information content (AvgIpc) is 2.34. The molecule has 0 radical (unpaired) electrons. The first-order valence-electron chi connectivity index (χ1n) is 3.32. The molecule has 0 aromatic heterocycles. The molecule has 1 heterocycles. The van der Waals surface area contributed by atoms with E-state index >= 15 is 0 Å². The Labute approximate surface area is 59.1 Å². The van der Waals surface area contributed by atoms with E-state index < -0.39 is 6.09 Å². The Morgan fingerprint density at radius 2 is 2.40 bits per heavy atom. The van der Waals surface area contributed by atoms with Crippen molar-refractivity contribution in [3.63, 3.8) is 0 Å². The molecule has 0 unspecified atom stereocenters. The molecule has 1 saturated heterocycles. The number of carboxylic acid groups (broad SMARTS) is 1. The van der Waals surface area contributed by atoms with Crippen LogP contribution in [0, 0.1) is 5.92 Å². The second-order valence-electron chi connectivity index (χ2n) is 2.57. The number of amides is 1. The molecule has 1 aliphatic rings.